The van der Waals surface area contributed by atoms with E-state index < -0.39 is 5.97 Å². The van der Waals surface area contributed by atoms with Gasteiger partial charge in [0.15, 0.2) is 0 Å². The van der Waals surface area contributed by atoms with E-state index in [1.807, 2.05) is 18.2 Å². The van der Waals surface area contributed by atoms with Gasteiger partial charge in [0.05, 0.1) is 13.5 Å². The van der Waals surface area contributed by atoms with Gasteiger partial charge >= 0.3 is 5.97 Å². The molecule has 2 N–H and O–H groups in total. The first-order valence-electron chi connectivity index (χ1n) is 5.44. The Morgan fingerprint density at radius 1 is 1.39 bits per heavy atom. The number of benzene rings is 1. The van der Waals surface area contributed by atoms with Gasteiger partial charge in [0, 0.05) is 18.2 Å². The molecule has 0 atom stereocenters. The Balaban J connectivity index is 2.52. The van der Waals surface area contributed by atoms with Crippen LogP contribution in [0.4, 0.5) is 0 Å². The van der Waals surface area contributed by atoms with E-state index in [0.29, 0.717) is 5.75 Å². The van der Waals surface area contributed by atoms with Gasteiger partial charge < -0.3 is 15.2 Å². The molecule has 96 valence electrons. The lowest BCUT2D eigenvalue weighted by molar-refractivity contribution is -0.136. The molecule has 0 fully saturated rings. The molecule has 5 nitrogen and oxygen atoms in total. The van der Waals surface area contributed by atoms with Crippen molar-refractivity contribution in [1.82, 2.24) is 5.32 Å². The van der Waals surface area contributed by atoms with Crippen molar-refractivity contribution in [3.63, 3.8) is 0 Å². The lowest BCUT2D eigenvalue weighted by Crippen LogP contribution is -2.23. The maximum Gasteiger partial charge on any atom is 0.305 e. The number of methoxy groups -OCH3 is 1. The quantitative estimate of drug-likeness (QED) is 0.745. The number of carboxylic acids is 1. The lowest BCUT2D eigenvalue weighted by atomic mass is 10.2. The van der Waals surface area contributed by atoms with Crippen LogP contribution in [0.1, 0.15) is 12.0 Å². The standard InChI is InChI=1S/C13H15NO4/c1-18-11-5-3-2-4-10(11)6-7-12(15)14-9-8-13(16)17/h2-7H,8-9H2,1H3,(H,14,15)(H,16,17). The highest BCUT2D eigenvalue weighted by atomic mass is 16.5. The zero-order valence-corrected chi connectivity index (χ0v) is 10.1. The van der Waals surface area contributed by atoms with Crippen molar-refractivity contribution in [3.05, 3.63) is 35.9 Å². The molecule has 5 heteroatoms. The predicted molar refractivity (Wildman–Crippen MR) is 67.3 cm³/mol. The number of carboxylic acid groups (broad SMARTS) is 1. The van der Waals surface area contributed by atoms with E-state index in [2.05, 4.69) is 5.32 Å². The second kappa shape index (κ2) is 7.11. The van der Waals surface area contributed by atoms with Gasteiger partial charge in [-0.2, -0.15) is 0 Å². The monoisotopic (exact) mass is 249 g/mol. The number of nitrogens with one attached hydrogen (secondary N) is 1. The summed E-state index contributed by atoms with van der Waals surface area (Å²) in [7, 11) is 1.56. The van der Waals surface area contributed by atoms with Gasteiger partial charge in [0.2, 0.25) is 5.91 Å². The van der Waals surface area contributed by atoms with Crippen LogP contribution in [0.2, 0.25) is 0 Å². The van der Waals surface area contributed by atoms with Crippen LogP contribution in [-0.4, -0.2) is 30.6 Å². The minimum Gasteiger partial charge on any atom is -0.496 e. The van der Waals surface area contributed by atoms with E-state index in [9.17, 15) is 9.59 Å². The lowest BCUT2D eigenvalue weighted by Gasteiger charge is -2.03. The van der Waals surface area contributed by atoms with Crippen molar-refractivity contribution in [3.8, 4) is 5.75 Å². The topological polar surface area (TPSA) is 75.6 Å². The van der Waals surface area contributed by atoms with E-state index in [1.54, 1.807) is 19.3 Å². The maximum absolute atomic E-state index is 11.4. The van der Waals surface area contributed by atoms with Crippen LogP contribution in [0.15, 0.2) is 30.3 Å². The van der Waals surface area contributed by atoms with Crippen molar-refractivity contribution in [1.29, 1.82) is 0 Å². The molecule has 1 aromatic carbocycles. The summed E-state index contributed by atoms with van der Waals surface area (Å²) in [5.41, 5.74) is 0.786. The first-order chi connectivity index (χ1) is 8.63. The van der Waals surface area contributed by atoms with E-state index >= 15 is 0 Å². The van der Waals surface area contributed by atoms with Crippen molar-refractivity contribution < 1.29 is 19.4 Å². The highest BCUT2D eigenvalue weighted by molar-refractivity contribution is 5.92. The average Bonchev–Trinajstić information content (AvgIpc) is 2.36. The zero-order chi connectivity index (χ0) is 13.4. The number of rotatable bonds is 6. The molecule has 0 bridgehead atoms. The fourth-order valence-corrected chi connectivity index (χ4v) is 1.32. The Morgan fingerprint density at radius 3 is 2.78 bits per heavy atom. The van der Waals surface area contributed by atoms with Crippen molar-refractivity contribution in [2.24, 2.45) is 0 Å². The summed E-state index contributed by atoms with van der Waals surface area (Å²) < 4.78 is 5.13. The van der Waals surface area contributed by atoms with E-state index in [4.69, 9.17) is 9.84 Å². The highest BCUT2D eigenvalue weighted by Gasteiger charge is 2.00. The molecule has 0 aromatic heterocycles. The summed E-state index contributed by atoms with van der Waals surface area (Å²) in [4.78, 5) is 21.6. The summed E-state index contributed by atoms with van der Waals surface area (Å²) in [5.74, 6) is -0.599. The largest absolute Gasteiger partial charge is 0.496 e. The van der Waals surface area contributed by atoms with Crippen LogP contribution in [0.3, 0.4) is 0 Å². The number of carbonyl (C=O) groups is 2. The Bertz CT molecular complexity index is 454. The number of hydrogen-bond acceptors (Lipinski definition) is 3. The normalized spacial score (nSPS) is 10.3. The number of amides is 1. The third-order valence-electron chi connectivity index (χ3n) is 2.19. The molecule has 0 saturated heterocycles. The Kier molecular flexibility index (Phi) is 5.44. The van der Waals surface area contributed by atoms with Crippen LogP contribution < -0.4 is 10.1 Å². The number of aliphatic carboxylic acids is 1. The number of carbonyl (C=O) groups excluding carboxylic acids is 1. The molecule has 18 heavy (non-hydrogen) atoms. The second-order valence-corrected chi connectivity index (χ2v) is 3.51. The van der Waals surface area contributed by atoms with Gasteiger partial charge in [0.1, 0.15) is 5.75 Å². The summed E-state index contributed by atoms with van der Waals surface area (Å²) in [6.45, 7) is 0.116. The molecule has 0 aliphatic heterocycles. The van der Waals surface area contributed by atoms with Crippen molar-refractivity contribution >= 4 is 18.0 Å². The molecule has 0 unspecified atom stereocenters. The third kappa shape index (κ3) is 4.69. The van der Waals surface area contributed by atoms with Crippen LogP contribution in [0.25, 0.3) is 6.08 Å². The molecule has 0 aliphatic carbocycles. The number of ether oxygens (including phenoxy) is 1. The maximum atomic E-state index is 11.4. The Hall–Kier alpha value is -2.30. The zero-order valence-electron chi connectivity index (χ0n) is 10.1. The molecule has 0 heterocycles. The molecule has 0 saturated carbocycles. The van der Waals surface area contributed by atoms with Crippen LogP contribution in [-0.2, 0) is 9.59 Å². The fourth-order valence-electron chi connectivity index (χ4n) is 1.32. The summed E-state index contributed by atoms with van der Waals surface area (Å²) in [6.07, 6.45) is 2.88. The molecule has 1 aromatic rings. The van der Waals surface area contributed by atoms with E-state index in [-0.39, 0.29) is 18.9 Å². The van der Waals surface area contributed by atoms with Gasteiger partial charge in [0.25, 0.3) is 0 Å². The van der Waals surface area contributed by atoms with E-state index in [1.165, 1.54) is 6.08 Å². The third-order valence-corrected chi connectivity index (χ3v) is 2.19. The minimum absolute atomic E-state index is 0.0890. The molecular formula is C13H15NO4. The SMILES string of the molecule is COc1ccccc1C=CC(=O)NCCC(=O)O. The number of hydrogen-bond donors (Lipinski definition) is 2. The summed E-state index contributed by atoms with van der Waals surface area (Å²) in [5, 5.41) is 10.9. The Morgan fingerprint density at radius 2 is 2.11 bits per heavy atom. The summed E-state index contributed by atoms with van der Waals surface area (Å²) >= 11 is 0. The van der Waals surface area contributed by atoms with Gasteiger partial charge in [-0.05, 0) is 12.1 Å². The van der Waals surface area contributed by atoms with Crippen LogP contribution in [0.5, 0.6) is 5.75 Å². The molecular weight excluding hydrogens is 234 g/mol. The Labute approximate surface area is 105 Å². The van der Waals surface area contributed by atoms with Crippen LogP contribution in [0, 0.1) is 0 Å². The molecule has 0 spiro atoms. The molecule has 1 amide bonds. The first-order valence-corrected chi connectivity index (χ1v) is 5.44. The highest BCUT2D eigenvalue weighted by Crippen LogP contribution is 2.18. The molecule has 0 aliphatic rings. The van der Waals surface area contributed by atoms with Gasteiger partial charge in [-0.3, -0.25) is 9.59 Å². The van der Waals surface area contributed by atoms with Crippen molar-refractivity contribution in [2.75, 3.05) is 13.7 Å². The fraction of sp³-hybridized carbons (Fsp3) is 0.231. The summed E-state index contributed by atoms with van der Waals surface area (Å²) in [6, 6.07) is 7.29. The minimum atomic E-state index is -0.941. The van der Waals surface area contributed by atoms with E-state index in [0.717, 1.165) is 5.56 Å². The average molecular weight is 249 g/mol. The number of para-hydroxylation sites is 1. The first kappa shape index (κ1) is 13.8. The molecule has 0 radical (unpaired) electrons. The van der Waals surface area contributed by atoms with Crippen molar-refractivity contribution in [2.45, 2.75) is 6.42 Å². The van der Waals surface area contributed by atoms with Gasteiger partial charge in [-0.25, -0.2) is 0 Å². The van der Waals surface area contributed by atoms with Gasteiger partial charge in [-0.1, -0.05) is 18.2 Å². The van der Waals surface area contributed by atoms with Gasteiger partial charge in [-0.15, -0.1) is 0 Å². The smallest absolute Gasteiger partial charge is 0.305 e. The molecule has 1 rings (SSSR count). The van der Waals surface area contributed by atoms with Crippen LogP contribution >= 0.6 is 0 Å². The second-order valence-electron chi connectivity index (χ2n) is 3.51. The predicted octanol–water partition coefficient (Wildman–Crippen LogP) is 1.30.